The van der Waals surface area contributed by atoms with Gasteiger partial charge in [0.15, 0.2) is 0 Å². The van der Waals surface area contributed by atoms with Crippen molar-refractivity contribution < 1.29 is 14.3 Å². The van der Waals surface area contributed by atoms with E-state index < -0.39 is 0 Å². The maximum absolute atomic E-state index is 12.4. The predicted octanol–water partition coefficient (Wildman–Crippen LogP) is 1.21. The Morgan fingerprint density at radius 2 is 2.19 bits per heavy atom. The van der Waals surface area contributed by atoms with E-state index in [1.165, 1.54) is 7.11 Å². The minimum absolute atomic E-state index is 0.000215. The van der Waals surface area contributed by atoms with Gasteiger partial charge in [-0.1, -0.05) is 0 Å². The molecule has 1 N–H and O–H groups in total. The van der Waals surface area contributed by atoms with Gasteiger partial charge in [0.1, 0.15) is 11.2 Å². The normalized spacial score (nSPS) is 15.8. The molecule has 0 unspecified atom stereocenters. The summed E-state index contributed by atoms with van der Waals surface area (Å²) in [7, 11) is 1.49. The first-order chi connectivity index (χ1) is 10.1. The van der Waals surface area contributed by atoms with Crippen LogP contribution in [-0.2, 0) is 9.53 Å². The maximum Gasteiger partial charge on any atom is 0.254 e. The fraction of sp³-hybridized carbons (Fsp3) is 0.500. The summed E-state index contributed by atoms with van der Waals surface area (Å²) in [6, 6.07) is 3.54. The second-order valence-corrected chi connectivity index (χ2v) is 5.75. The number of ether oxygens (including phenoxy) is 1. The van der Waals surface area contributed by atoms with Crippen LogP contribution in [0.3, 0.4) is 0 Å². The summed E-state index contributed by atoms with van der Waals surface area (Å²) in [5, 5.41) is 2.91. The molecular weight excluding hydrogens is 338 g/mol. The third kappa shape index (κ3) is 4.50. The number of hydrogen-bond donors (Lipinski definition) is 1. The minimum Gasteiger partial charge on any atom is -0.375 e. The number of aromatic nitrogens is 1. The molecule has 114 valence electrons. The van der Waals surface area contributed by atoms with Crippen LogP contribution in [0.1, 0.15) is 23.2 Å². The quantitative estimate of drug-likeness (QED) is 0.824. The number of rotatable bonds is 4. The zero-order chi connectivity index (χ0) is 15.2. The molecule has 1 aliphatic rings. The summed E-state index contributed by atoms with van der Waals surface area (Å²) in [4.78, 5) is 29.6. The van der Waals surface area contributed by atoms with Crippen molar-refractivity contribution >= 4 is 27.7 Å². The van der Waals surface area contributed by atoms with E-state index in [2.05, 4.69) is 26.2 Å². The lowest BCUT2D eigenvalue weighted by molar-refractivity contribution is -0.125. The van der Waals surface area contributed by atoms with Crippen LogP contribution in [-0.4, -0.2) is 54.5 Å². The second-order valence-electron chi connectivity index (χ2n) is 4.93. The highest BCUT2D eigenvalue weighted by Gasteiger charge is 2.24. The average molecular weight is 356 g/mol. The Morgan fingerprint density at radius 1 is 1.48 bits per heavy atom. The Morgan fingerprint density at radius 3 is 2.81 bits per heavy atom. The van der Waals surface area contributed by atoms with E-state index in [0.29, 0.717) is 23.3 Å². The van der Waals surface area contributed by atoms with Gasteiger partial charge in [-0.2, -0.15) is 0 Å². The summed E-state index contributed by atoms with van der Waals surface area (Å²) in [6.45, 7) is 1.34. The van der Waals surface area contributed by atoms with Gasteiger partial charge in [-0.25, -0.2) is 4.98 Å². The largest absolute Gasteiger partial charge is 0.375 e. The number of methoxy groups -OCH3 is 1. The molecule has 0 radical (unpaired) electrons. The predicted molar refractivity (Wildman–Crippen MR) is 80.9 cm³/mol. The highest BCUT2D eigenvalue weighted by atomic mass is 79.9. The van der Waals surface area contributed by atoms with E-state index in [4.69, 9.17) is 4.74 Å². The van der Waals surface area contributed by atoms with Crippen LogP contribution in [0.4, 0.5) is 0 Å². The SMILES string of the molecule is COCC(=O)NC1CCN(C(=O)c2ccnc(Br)c2)CC1. The topological polar surface area (TPSA) is 71.5 Å². The van der Waals surface area contributed by atoms with Crippen LogP contribution in [0.2, 0.25) is 0 Å². The zero-order valence-corrected chi connectivity index (χ0v) is 13.4. The Bertz CT molecular complexity index is 516. The van der Waals surface area contributed by atoms with Gasteiger partial charge in [-0.3, -0.25) is 9.59 Å². The molecule has 2 heterocycles. The third-order valence-electron chi connectivity index (χ3n) is 3.40. The lowest BCUT2D eigenvalue weighted by Crippen LogP contribution is -2.47. The van der Waals surface area contributed by atoms with Crippen molar-refractivity contribution in [2.24, 2.45) is 0 Å². The van der Waals surface area contributed by atoms with Crippen LogP contribution in [0.5, 0.6) is 0 Å². The van der Waals surface area contributed by atoms with E-state index in [0.717, 1.165) is 12.8 Å². The fourth-order valence-corrected chi connectivity index (χ4v) is 2.71. The molecule has 1 fully saturated rings. The molecule has 7 heteroatoms. The molecule has 1 aromatic heterocycles. The molecule has 0 saturated carbocycles. The van der Waals surface area contributed by atoms with Crippen molar-refractivity contribution in [2.75, 3.05) is 26.8 Å². The number of piperidine rings is 1. The molecule has 21 heavy (non-hydrogen) atoms. The van der Waals surface area contributed by atoms with E-state index in [-0.39, 0.29) is 24.5 Å². The third-order valence-corrected chi connectivity index (χ3v) is 3.83. The minimum atomic E-state index is -0.111. The van der Waals surface area contributed by atoms with E-state index in [9.17, 15) is 9.59 Å². The number of hydrogen-bond acceptors (Lipinski definition) is 4. The monoisotopic (exact) mass is 355 g/mol. The summed E-state index contributed by atoms with van der Waals surface area (Å²) in [5.41, 5.74) is 0.624. The van der Waals surface area contributed by atoms with Gasteiger partial charge in [0.05, 0.1) is 0 Å². The van der Waals surface area contributed by atoms with Crippen molar-refractivity contribution in [1.82, 2.24) is 15.2 Å². The molecule has 6 nitrogen and oxygen atoms in total. The van der Waals surface area contributed by atoms with Crippen molar-refractivity contribution in [3.05, 3.63) is 28.5 Å². The summed E-state index contributed by atoms with van der Waals surface area (Å²) in [6.07, 6.45) is 3.12. The number of carbonyl (C=O) groups is 2. The van der Waals surface area contributed by atoms with Gasteiger partial charge >= 0.3 is 0 Å². The molecule has 0 aliphatic carbocycles. The lowest BCUT2D eigenvalue weighted by atomic mass is 10.0. The number of halogens is 1. The number of amides is 2. The fourth-order valence-electron chi connectivity index (χ4n) is 2.35. The number of nitrogens with one attached hydrogen (secondary N) is 1. The van der Waals surface area contributed by atoms with Gasteiger partial charge in [0.2, 0.25) is 5.91 Å². The number of carbonyl (C=O) groups excluding carboxylic acids is 2. The molecule has 0 atom stereocenters. The zero-order valence-electron chi connectivity index (χ0n) is 11.8. The Hall–Kier alpha value is -1.47. The number of likely N-dealkylation sites (tertiary alicyclic amines) is 1. The average Bonchev–Trinajstić information content (AvgIpc) is 2.47. The molecule has 1 saturated heterocycles. The molecule has 0 aromatic carbocycles. The first-order valence-electron chi connectivity index (χ1n) is 6.79. The summed E-state index contributed by atoms with van der Waals surface area (Å²) >= 11 is 3.26. The highest BCUT2D eigenvalue weighted by Crippen LogP contribution is 2.15. The van der Waals surface area contributed by atoms with Gasteiger partial charge in [-0.15, -0.1) is 0 Å². The second kappa shape index (κ2) is 7.51. The molecule has 2 amide bonds. The van der Waals surface area contributed by atoms with Gasteiger partial charge in [-0.05, 0) is 40.9 Å². The summed E-state index contributed by atoms with van der Waals surface area (Å²) < 4.78 is 5.43. The van der Waals surface area contributed by atoms with Crippen molar-refractivity contribution in [3.8, 4) is 0 Å². The van der Waals surface area contributed by atoms with Crippen LogP contribution in [0, 0.1) is 0 Å². The molecule has 1 aliphatic heterocycles. The molecule has 0 spiro atoms. The molecule has 2 rings (SSSR count). The number of nitrogens with zero attached hydrogens (tertiary/aromatic N) is 2. The standard InChI is InChI=1S/C14H18BrN3O3/c1-21-9-13(19)17-11-3-6-18(7-4-11)14(20)10-2-5-16-12(15)8-10/h2,5,8,11H,3-4,6-7,9H2,1H3,(H,17,19). The van der Waals surface area contributed by atoms with Crippen molar-refractivity contribution in [1.29, 1.82) is 0 Å². The van der Waals surface area contributed by atoms with Crippen molar-refractivity contribution in [2.45, 2.75) is 18.9 Å². The van der Waals surface area contributed by atoms with Gasteiger partial charge in [0.25, 0.3) is 5.91 Å². The smallest absolute Gasteiger partial charge is 0.254 e. The van der Waals surface area contributed by atoms with E-state index in [1.54, 1.807) is 23.2 Å². The molecule has 1 aromatic rings. The van der Waals surface area contributed by atoms with Gasteiger partial charge < -0.3 is 15.0 Å². The van der Waals surface area contributed by atoms with Crippen LogP contribution in [0.15, 0.2) is 22.9 Å². The molecule has 0 bridgehead atoms. The Kier molecular flexibility index (Phi) is 5.69. The van der Waals surface area contributed by atoms with Crippen LogP contribution < -0.4 is 5.32 Å². The lowest BCUT2D eigenvalue weighted by Gasteiger charge is -2.32. The Labute approximate surface area is 132 Å². The van der Waals surface area contributed by atoms with Crippen molar-refractivity contribution in [3.63, 3.8) is 0 Å². The van der Waals surface area contributed by atoms with E-state index in [1.807, 2.05) is 0 Å². The summed E-state index contributed by atoms with van der Waals surface area (Å²) in [5.74, 6) is -0.111. The Balaban J connectivity index is 1.86. The molecular formula is C14H18BrN3O3. The number of pyridine rings is 1. The first kappa shape index (κ1) is 15.9. The van der Waals surface area contributed by atoms with E-state index >= 15 is 0 Å². The van der Waals surface area contributed by atoms with Crippen LogP contribution in [0.25, 0.3) is 0 Å². The first-order valence-corrected chi connectivity index (χ1v) is 7.58. The van der Waals surface area contributed by atoms with Gasteiger partial charge in [0, 0.05) is 38.0 Å². The van der Waals surface area contributed by atoms with Crippen LogP contribution >= 0.6 is 15.9 Å². The maximum atomic E-state index is 12.4. The highest BCUT2D eigenvalue weighted by molar-refractivity contribution is 9.10.